The Kier molecular flexibility index (Phi) is 2.60. The summed E-state index contributed by atoms with van der Waals surface area (Å²) in [7, 11) is 0. The van der Waals surface area contributed by atoms with E-state index in [1.54, 1.807) is 10.6 Å². The number of benzene rings is 1. The van der Waals surface area contributed by atoms with Crippen molar-refractivity contribution in [2.75, 3.05) is 0 Å². The number of hydrogen-bond acceptors (Lipinski definition) is 3. The molecule has 1 heterocycles. The highest BCUT2D eigenvalue weighted by molar-refractivity contribution is 5.72. The first-order chi connectivity index (χ1) is 7.22. The maximum Gasteiger partial charge on any atom is 0.420 e. The predicted molar refractivity (Wildman–Crippen MR) is 58.7 cm³/mol. The van der Waals surface area contributed by atoms with Gasteiger partial charge >= 0.3 is 5.76 Å². The van der Waals surface area contributed by atoms with Crippen molar-refractivity contribution < 1.29 is 4.42 Å². The highest BCUT2D eigenvalue weighted by atomic mass is 16.4. The Morgan fingerprint density at radius 2 is 2.20 bits per heavy atom. The van der Waals surface area contributed by atoms with E-state index >= 15 is 0 Å². The van der Waals surface area contributed by atoms with E-state index in [-0.39, 0.29) is 11.8 Å². The second-order valence-electron chi connectivity index (χ2n) is 3.61. The Hall–Kier alpha value is -1.55. The number of rotatable bonds is 3. The SMILES string of the molecule is CC[C@@H](N)Cn1c(=O)oc2ccccc21. The summed E-state index contributed by atoms with van der Waals surface area (Å²) in [6, 6.07) is 7.36. The van der Waals surface area contributed by atoms with E-state index in [1.807, 2.05) is 25.1 Å². The quantitative estimate of drug-likeness (QED) is 0.824. The standard InChI is InChI=1S/C11H14N2O2/c1-2-8(12)7-13-9-5-3-4-6-10(9)15-11(13)14/h3-6,8H,2,7,12H2,1H3/t8-/m1/s1. The van der Waals surface area contributed by atoms with Crippen LogP contribution in [0.25, 0.3) is 11.1 Å². The first kappa shape index (κ1) is 9.98. The van der Waals surface area contributed by atoms with Crippen LogP contribution in [0.3, 0.4) is 0 Å². The molecule has 2 N–H and O–H groups in total. The molecule has 0 unspecified atom stereocenters. The Bertz CT molecular complexity index is 513. The molecule has 0 bridgehead atoms. The Morgan fingerprint density at radius 1 is 1.47 bits per heavy atom. The van der Waals surface area contributed by atoms with Gasteiger partial charge in [-0.3, -0.25) is 4.57 Å². The van der Waals surface area contributed by atoms with Crippen LogP contribution in [0.5, 0.6) is 0 Å². The van der Waals surface area contributed by atoms with Gasteiger partial charge in [0.15, 0.2) is 5.58 Å². The third kappa shape index (κ3) is 1.80. The molecule has 0 aliphatic rings. The predicted octanol–water partition coefficient (Wildman–Crippen LogP) is 1.33. The number of para-hydroxylation sites is 2. The summed E-state index contributed by atoms with van der Waals surface area (Å²) in [6.07, 6.45) is 0.839. The molecule has 1 atom stereocenters. The molecule has 4 nitrogen and oxygen atoms in total. The summed E-state index contributed by atoms with van der Waals surface area (Å²) in [6.45, 7) is 2.50. The molecular formula is C11H14N2O2. The first-order valence-electron chi connectivity index (χ1n) is 5.06. The average molecular weight is 206 g/mol. The van der Waals surface area contributed by atoms with Gasteiger partial charge in [0, 0.05) is 12.6 Å². The van der Waals surface area contributed by atoms with Gasteiger partial charge in [0.05, 0.1) is 5.52 Å². The molecule has 0 saturated heterocycles. The Labute approximate surface area is 87.3 Å². The number of nitrogens with zero attached hydrogens (tertiary/aromatic N) is 1. The van der Waals surface area contributed by atoms with Crippen LogP contribution in [0, 0.1) is 0 Å². The summed E-state index contributed by atoms with van der Waals surface area (Å²) in [5.41, 5.74) is 7.25. The molecule has 0 aliphatic heterocycles. The molecule has 0 saturated carbocycles. The lowest BCUT2D eigenvalue weighted by Crippen LogP contribution is -2.29. The molecule has 1 aromatic heterocycles. The van der Waals surface area contributed by atoms with Crippen molar-refractivity contribution in [2.24, 2.45) is 5.73 Å². The van der Waals surface area contributed by atoms with Crippen LogP contribution < -0.4 is 11.5 Å². The lowest BCUT2D eigenvalue weighted by atomic mass is 10.2. The molecule has 1 aromatic carbocycles. The molecule has 0 radical (unpaired) electrons. The van der Waals surface area contributed by atoms with Crippen LogP contribution in [0.1, 0.15) is 13.3 Å². The van der Waals surface area contributed by atoms with Gasteiger partial charge in [0.1, 0.15) is 0 Å². The lowest BCUT2D eigenvalue weighted by Gasteiger charge is -2.08. The topological polar surface area (TPSA) is 61.2 Å². The van der Waals surface area contributed by atoms with Crippen LogP contribution >= 0.6 is 0 Å². The smallest absolute Gasteiger partial charge is 0.408 e. The van der Waals surface area contributed by atoms with E-state index in [9.17, 15) is 4.79 Å². The third-order valence-electron chi connectivity index (χ3n) is 2.52. The molecule has 0 spiro atoms. The first-order valence-corrected chi connectivity index (χ1v) is 5.06. The number of oxazole rings is 1. The van der Waals surface area contributed by atoms with E-state index in [1.165, 1.54) is 0 Å². The third-order valence-corrected chi connectivity index (χ3v) is 2.52. The molecule has 0 aliphatic carbocycles. The van der Waals surface area contributed by atoms with Gasteiger partial charge < -0.3 is 10.2 Å². The number of aromatic nitrogens is 1. The minimum Gasteiger partial charge on any atom is -0.408 e. The van der Waals surface area contributed by atoms with Crippen molar-refractivity contribution in [1.82, 2.24) is 4.57 Å². The zero-order valence-electron chi connectivity index (χ0n) is 8.64. The molecule has 0 fully saturated rings. The average Bonchev–Trinajstić information content (AvgIpc) is 2.55. The van der Waals surface area contributed by atoms with Gasteiger partial charge in [-0.15, -0.1) is 0 Å². The van der Waals surface area contributed by atoms with E-state index in [0.717, 1.165) is 11.9 Å². The number of nitrogens with two attached hydrogens (primary N) is 1. The molecular weight excluding hydrogens is 192 g/mol. The fourth-order valence-corrected chi connectivity index (χ4v) is 1.55. The maximum absolute atomic E-state index is 11.5. The van der Waals surface area contributed by atoms with Crippen molar-refractivity contribution in [1.29, 1.82) is 0 Å². The van der Waals surface area contributed by atoms with E-state index in [2.05, 4.69) is 0 Å². The Morgan fingerprint density at radius 3 is 2.93 bits per heavy atom. The minimum atomic E-state index is -0.333. The van der Waals surface area contributed by atoms with Crippen LogP contribution in [-0.4, -0.2) is 10.6 Å². The van der Waals surface area contributed by atoms with Gasteiger partial charge in [-0.25, -0.2) is 4.79 Å². The molecule has 15 heavy (non-hydrogen) atoms. The fourth-order valence-electron chi connectivity index (χ4n) is 1.55. The summed E-state index contributed by atoms with van der Waals surface area (Å²) in [5.74, 6) is -0.333. The van der Waals surface area contributed by atoms with Crippen LogP contribution in [0.4, 0.5) is 0 Å². The van der Waals surface area contributed by atoms with Crippen molar-refractivity contribution >= 4 is 11.1 Å². The molecule has 80 valence electrons. The van der Waals surface area contributed by atoms with Crippen LogP contribution in [0.2, 0.25) is 0 Å². The maximum atomic E-state index is 11.5. The van der Waals surface area contributed by atoms with Gasteiger partial charge in [0.25, 0.3) is 0 Å². The van der Waals surface area contributed by atoms with Crippen LogP contribution in [0.15, 0.2) is 33.5 Å². The van der Waals surface area contributed by atoms with Gasteiger partial charge in [-0.1, -0.05) is 19.1 Å². The highest BCUT2D eigenvalue weighted by Crippen LogP contribution is 2.11. The van der Waals surface area contributed by atoms with E-state index < -0.39 is 0 Å². The summed E-state index contributed by atoms with van der Waals surface area (Å²) < 4.78 is 6.68. The lowest BCUT2D eigenvalue weighted by molar-refractivity contribution is 0.469. The second-order valence-corrected chi connectivity index (χ2v) is 3.61. The summed E-state index contributed by atoms with van der Waals surface area (Å²) >= 11 is 0. The minimum absolute atomic E-state index is 0.0105. The van der Waals surface area contributed by atoms with E-state index in [0.29, 0.717) is 12.1 Å². The van der Waals surface area contributed by atoms with Gasteiger partial charge in [-0.2, -0.15) is 0 Å². The van der Waals surface area contributed by atoms with Gasteiger partial charge in [0.2, 0.25) is 0 Å². The van der Waals surface area contributed by atoms with Gasteiger partial charge in [-0.05, 0) is 18.6 Å². The molecule has 2 rings (SSSR count). The van der Waals surface area contributed by atoms with Crippen molar-refractivity contribution in [2.45, 2.75) is 25.9 Å². The Balaban J connectivity index is 2.50. The van der Waals surface area contributed by atoms with Crippen molar-refractivity contribution in [3.05, 3.63) is 34.8 Å². The monoisotopic (exact) mass is 206 g/mol. The summed E-state index contributed by atoms with van der Waals surface area (Å²) in [4.78, 5) is 11.5. The summed E-state index contributed by atoms with van der Waals surface area (Å²) in [5, 5.41) is 0. The molecule has 4 heteroatoms. The zero-order valence-corrected chi connectivity index (χ0v) is 8.64. The number of fused-ring (bicyclic) bond motifs is 1. The zero-order chi connectivity index (χ0) is 10.8. The van der Waals surface area contributed by atoms with Crippen LogP contribution in [-0.2, 0) is 6.54 Å². The number of hydrogen-bond donors (Lipinski definition) is 1. The van der Waals surface area contributed by atoms with E-state index in [4.69, 9.17) is 10.2 Å². The molecule has 2 aromatic rings. The van der Waals surface area contributed by atoms with Crippen molar-refractivity contribution in [3.63, 3.8) is 0 Å². The normalized spacial score (nSPS) is 13.2. The molecule has 0 amide bonds. The highest BCUT2D eigenvalue weighted by Gasteiger charge is 2.10. The fraction of sp³-hybridized carbons (Fsp3) is 0.364. The largest absolute Gasteiger partial charge is 0.420 e. The van der Waals surface area contributed by atoms with Crippen molar-refractivity contribution in [3.8, 4) is 0 Å². The second kappa shape index (κ2) is 3.90.